The highest BCUT2D eigenvalue weighted by molar-refractivity contribution is 8.79. The van der Waals surface area contributed by atoms with Crippen molar-refractivity contribution in [2.45, 2.75) is 13.8 Å². The summed E-state index contributed by atoms with van der Waals surface area (Å²) in [5.41, 5.74) is 0. The molecule has 8 heavy (non-hydrogen) atoms. The quantitative estimate of drug-likeness (QED) is 0.559. The van der Waals surface area contributed by atoms with Crippen LogP contribution >= 0.6 is 21.6 Å². The second-order valence-electron chi connectivity index (χ2n) is 1.35. The summed E-state index contributed by atoms with van der Waals surface area (Å²) in [5.74, 6) is 0. The molecule has 0 nitrogen and oxygen atoms in total. The van der Waals surface area contributed by atoms with Gasteiger partial charge in [-0.3, -0.25) is 0 Å². The summed E-state index contributed by atoms with van der Waals surface area (Å²) >= 11 is 0. The van der Waals surface area contributed by atoms with Crippen LogP contribution in [0, 0.1) is 0 Å². The van der Waals surface area contributed by atoms with Gasteiger partial charge in [-0.2, -0.15) is 0 Å². The van der Waals surface area contributed by atoms with E-state index in [2.05, 4.69) is 6.58 Å². The van der Waals surface area contributed by atoms with Crippen molar-refractivity contribution in [2.24, 2.45) is 0 Å². The molecular formula is C6H10S2. The first-order valence-corrected chi connectivity index (χ1v) is 4.58. The second kappa shape index (κ2) is 5.32. The first-order valence-electron chi connectivity index (χ1n) is 2.37. The molecule has 0 aliphatic rings. The Labute approximate surface area is 58.8 Å². The SMILES string of the molecule is C=C(C)SS/C=C/C. The van der Waals surface area contributed by atoms with Crippen molar-refractivity contribution in [3.63, 3.8) is 0 Å². The molecule has 0 aromatic carbocycles. The molecule has 0 radical (unpaired) electrons. The Balaban J connectivity index is 3.05. The van der Waals surface area contributed by atoms with E-state index in [1.165, 1.54) is 0 Å². The fraction of sp³-hybridized carbons (Fsp3) is 0.333. The molecule has 0 aromatic heterocycles. The topological polar surface area (TPSA) is 0 Å². The largest absolute Gasteiger partial charge is 0.0889 e. The van der Waals surface area contributed by atoms with Gasteiger partial charge in [0, 0.05) is 0 Å². The lowest BCUT2D eigenvalue weighted by molar-refractivity contribution is 1.74. The molecule has 0 aliphatic heterocycles. The Morgan fingerprint density at radius 2 is 2.25 bits per heavy atom. The zero-order valence-corrected chi connectivity index (χ0v) is 6.81. The first-order chi connectivity index (χ1) is 3.77. The predicted octanol–water partition coefficient (Wildman–Crippen LogP) is 3.44. The maximum Gasteiger partial charge on any atom is -0.0142 e. The van der Waals surface area contributed by atoms with Crippen molar-refractivity contribution in [2.75, 3.05) is 0 Å². The Morgan fingerprint density at radius 3 is 2.62 bits per heavy atom. The molecule has 2 heteroatoms. The average Bonchev–Trinajstić information content (AvgIpc) is 1.66. The summed E-state index contributed by atoms with van der Waals surface area (Å²) in [4.78, 5) is 1.15. The molecule has 0 rings (SSSR count). The summed E-state index contributed by atoms with van der Waals surface area (Å²) < 4.78 is 0. The number of rotatable bonds is 3. The van der Waals surface area contributed by atoms with Gasteiger partial charge >= 0.3 is 0 Å². The molecule has 0 bridgehead atoms. The normalized spacial score (nSPS) is 10.2. The van der Waals surface area contributed by atoms with Crippen molar-refractivity contribution in [1.29, 1.82) is 0 Å². The first kappa shape index (κ1) is 8.18. The van der Waals surface area contributed by atoms with Gasteiger partial charge in [0.05, 0.1) is 0 Å². The summed E-state index contributed by atoms with van der Waals surface area (Å²) in [6.45, 7) is 7.74. The van der Waals surface area contributed by atoms with Crippen molar-refractivity contribution in [1.82, 2.24) is 0 Å². The molecule has 0 N–H and O–H groups in total. The van der Waals surface area contributed by atoms with Gasteiger partial charge in [0.1, 0.15) is 0 Å². The summed E-state index contributed by atoms with van der Waals surface area (Å²) in [5, 5.41) is 2.04. The Morgan fingerprint density at radius 1 is 1.62 bits per heavy atom. The third-order valence-electron chi connectivity index (χ3n) is 0.382. The van der Waals surface area contributed by atoms with Crippen LogP contribution in [0.25, 0.3) is 0 Å². The minimum atomic E-state index is 1.15. The number of allylic oxidation sites excluding steroid dienone is 2. The van der Waals surface area contributed by atoms with E-state index >= 15 is 0 Å². The molecule has 0 fully saturated rings. The highest BCUT2D eigenvalue weighted by Gasteiger charge is 1.80. The third-order valence-corrected chi connectivity index (χ3v) is 2.62. The Bertz CT molecular complexity index is 94.7. The van der Waals surface area contributed by atoms with Crippen molar-refractivity contribution >= 4 is 21.6 Å². The summed E-state index contributed by atoms with van der Waals surface area (Å²) in [7, 11) is 3.39. The minimum Gasteiger partial charge on any atom is -0.0889 e. The van der Waals surface area contributed by atoms with E-state index in [1.54, 1.807) is 21.6 Å². The van der Waals surface area contributed by atoms with Crippen LogP contribution in [0.1, 0.15) is 13.8 Å². The lowest BCUT2D eigenvalue weighted by Gasteiger charge is -1.88. The second-order valence-corrected chi connectivity index (χ2v) is 3.76. The van der Waals surface area contributed by atoms with Gasteiger partial charge in [-0.15, -0.1) is 0 Å². The predicted molar refractivity (Wildman–Crippen MR) is 44.8 cm³/mol. The Kier molecular flexibility index (Phi) is 5.44. The molecule has 0 heterocycles. The molecule has 0 spiro atoms. The molecular weight excluding hydrogens is 136 g/mol. The molecule has 0 unspecified atom stereocenters. The molecule has 0 aromatic rings. The highest BCUT2D eigenvalue weighted by atomic mass is 33.1. The van der Waals surface area contributed by atoms with E-state index < -0.39 is 0 Å². The van der Waals surface area contributed by atoms with Crippen LogP contribution in [-0.4, -0.2) is 0 Å². The number of hydrogen-bond acceptors (Lipinski definition) is 2. The summed E-state index contributed by atoms with van der Waals surface area (Å²) in [6.07, 6.45) is 2.01. The smallest absolute Gasteiger partial charge is 0.0142 e. The third kappa shape index (κ3) is 6.18. The van der Waals surface area contributed by atoms with Gasteiger partial charge in [0.2, 0.25) is 0 Å². The fourth-order valence-corrected chi connectivity index (χ4v) is 1.49. The van der Waals surface area contributed by atoms with Crippen LogP contribution in [0.4, 0.5) is 0 Å². The molecule has 0 saturated carbocycles. The van der Waals surface area contributed by atoms with E-state index in [9.17, 15) is 0 Å². The van der Waals surface area contributed by atoms with E-state index in [0.717, 1.165) is 4.91 Å². The zero-order valence-electron chi connectivity index (χ0n) is 5.18. The summed E-state index contributed by atoms with van der Waals surface area (Å²) in [6, 6.07) is 0. The van der Waals surface area contributed by atoms with Gasteiger partial charge in [0.15, 0.2) is 0 Å². The van der Waals surface area contributed by atoms with Crippen molar-refractivity contribution in [3.8, 4) is 0 Å². The lowest BCUT2D eigenvalue weighted by atomic mass is 10.8. The van der Waals surface area contributed by atoms with E-state index in [4.69, 9.17) is 0 Å². The minimum absolute atomic E-state index is 1.15. The molecule has 46 valence electrons. The standard InChI is InChI=1S/C6H10S2/c1-4-5-7-8-6(2)3/h4-5H,2H2,1,3H3/b5-4+. The van der Waals surface area contributed by atoms with Gasteiger partial charge in [-0.05, 0) is 24.2 Å². The van der Waals surface area contributed by atoms with Crippen LogP contribution < -0.4 is 0 Å². The van der Waals surface area contributed by atoms with Crippen LogP contribution in [-0.2, 0) is 0 Å². The van der Waals surface area contributed by atoms with Crippen LogP contribution in [0.15, 0.2) is 23.0 Å². The molecule has 0 amide bonds. The van der Waals surface area contributed by atoms with Crippen molar-refractivity contribution < 1.29 is 0 Å². The van der Waals surface area contributed by atoms with E-state index in [-0.39, 0.29) is 0 Å². The molecule has 0 atom stereocenters. The average molecular weight is 146 g/mol. The number of hydrogen-bond donors (Lipinski definition) is 0. The van der Waals surface area contributed by atoms with Gasteiger partial charge in [-0.25, -0.2) is 0 Å². The maximum absolute atomic E-state index is 3.74. The van der Waals surface area contributed by atoms with Crippen LogP contribution in [0.2, 0.25) is 0 Å². The fourth-order valence-electron chi connectivity index (χ4n) is 0.165. The molecule has 0 saturated heterocycles. The van der Waals surface area contributed by atoms with Crippen LogP contribution in [0.5, 0.6) is 0 Å². The lowest BCUT2D eigenvalue weighted by Crippen LogP contribution is -1.49. The van der Waals surface area contributed by atoms with E-state index in [0.29, 0.717) is 0 Å². The van der Waals surface area contributed by atoms with Gasteiger partial charge in [-0.1, -0.05) is 34.2 Å². The maximum atomic E-state index is 3.74. The van der Waals surface area contributed by atoms with E-state index in [1.807, 2.05) is 25.3 Å². The molecule has 0 aliphatic carbocycles. The Hall–Kier alpha value is 0.180. The van der Waals surface area contributed by atoms with Crippen LogP contribution in [0.3, 0.4) is 0 Å². The monoisotopic (exact) mass is 146 g/mol. The van der Waals surface area contributed by atoms with Crippen molar-refractivity contribution in [3.05, 3.63) is 23.0 Å². The highest BCUT2D eigenvalue weighted by Crippen LogP contribution is 2.28. The zero-order chi connectivity index (χ0) is 6.41. The van der Waals surface area contributed by atoms with Gasteiger partial charge in [0.25, 0.3) is 0 Å². The van der Waals surface area contributed by atoms with Gasteiger partial charge < -0.3 is 0 Å².